The van der Waals surface area contributed by atoms with Crippen LogP contribution in [0.1, 0.15) is 52.8 Å². The molecule has 0 radical (unpaired) electrons. The SMILES string of the molecule is CC(C)(C)c1cc(NC(=O)NCCc2ccc(S(N)(=O)=O)cc2)n(C(C)(C)C)n1. The maximum absolute atomic E-state index is 12.4. The number of anilines is 1. The van der Waals surface area contributed by atoms with Gasteiger partial charge in [0.25, 0.3) is 0 Å². The maximum Gasteiger partial charge on any atom is 0.320 e. The summed E-state index contributed by atoms with van der Waals surface area (Å²) in [5.41, 5.74) is 1.38. The lowest BCUT2D eigenvalue weighted by Crippen LogP contribution is -2.33. The number of hydrogen-bond donors (Lipinski definition) is 3. The van der Waals surface area contributed by atoms with Gasteiger partial charge in [-0.05, 0) is 44.9 Å². The van der Waals surface area contributed by atoms with Crippen LogP contribution < -0.4 is 15.8 Å². The second-order valence-electron chi connectivity index (χ2n) is 9.07. The van der Waals surface area contributed by atoms with E-state index in [2.05, 4.69) is 36.5 Å². The number of rotatable bonds is 5. The Hall–Kier alpha value is -2.39. The minimum atomic E-state index is -3.70. The largest absolute Gasteiger partial charge is 0.337 e. The quantitative estimate of drug-likeness (QED) is 0.687. The summed E-state index contributed by atoms with van der Waals surface area (Å²) >= 11 is 0. The molecule has 0 aliphatic heterocycles. The van der Waals surface area contributed by atoms with E-state index in [9.17, 15) is 13.2 Å². The molecule has 0 aliphatic carbocycles. The number of nitrogens with zero attached hydrogens (tertiary/aromatic N) is 2. The molecular formula is C20H31N5O3S. The molecule has 1 aromatic heterocycles. The lowest BCUT2D eigenvalue weighted by atomic mass is 9.92. The van der Waals surface area contributed by atoms with Crippen molar-refractivity contribution in [3.05, 3.63) is 41.6 Å². The van der Waals surface area contributed by atoms with Gasteiger partial charge in [0, 0.05) is 18.0 Å². The molecule has 0 atom stereocenters. The Balaban J connectivity index is 2.00. The number of nitrogens with one attached hydrogen (secondary N) is 2. The third kappa shape index (κ3) is 6.30. The topological polar surface area (TPSA) is 119 Å². The molecule has 2 aromatic rings. The second-order valence-corrected chi connectivity index (χ2v) is 10.6. The summed E-state index contributed by atoms with van der Waals surface area (Å²) in [5, 5.41) is 15.5. The van der Waals surface area contributed by atoms with Crippen molar-refractivity contribution < 1.29 is 13.2 Å². The highest BCUT2D eigenvalue weighted by Gasteiger charge is 2.25. The van der Waals surface area contributed by atoms with Crippen molar-refractivity contribution in [3.63, 3.8) is 0 Å². The Bertz CT molecular complexity index is 965. The fourth-order valence-corrected chi connectivity index (χ4v) is 3.19. The average Bonchev–Trinajstić information content (AvgIpc) is 2.99. The molecule has 0 aliphatic rings. The Morgan fingerprint density at radius 1 is 1.10 bits per heavy atom. The molecule has 1 heterocycles. The van der Waals surface area contributed by atoms with E-state index in [-0.39, 0.29) is 21.9 Å². The number of carbonyl (C=O) groups is 1. The minimum absolute atomic E-state index is 0.0667. The first kappa shape index (κ1) is 22.9. The van der Waals surface area contributed by atoms with E-state index in [0.29, 0.717) is 18.8 Å². The maximum atomic E-state index is 12.4. The van der Waals surface area contributed by atoms with Crippen molar-refractivity contribution in [2.24, 2.45) is 5.14 Å². The number of hydrogen-bond acceptors (Lipinski definition) is 4. The molecule has 29 heavy (non-hydrogen) atoms. The highest BCUT2D eigenvalue weighted by Crippen LogP contribution is 2.28. The second kappa shape index (κ2) is 8.16. The first-order valence-corrected chi connectivity index (χ1v) is 11.0. The van der Waals surface area contributed by atoms with Crippen LogP contribution in [0.15, 0.2) is 35.2 Å². The molecule has 4 N–H and O–H groups in total. The molecular weight excluding hydrogens is 390 g/mol. The van der Waals surface area contributed by atoms with Crippen LogP contribution in [-0.4, -0.2) is 30.8 Å². The standard InChI is InChI=1S/C20H31N5O3S/c1-19(2,3)16-13-17(25(24-16)20(4,5)6)23-18(26)22-12-11-14-7-9-15(10-8-14)29(21,27)28/h7-10,13H,11-12H2,1-6H3,(H2,21,27,28)(H2,22,23,26). The van der Waals surface area contributed by atoms with E-state index in [1.807, 2.05) is 31.5 Å². The van der Waals surface area contributed by atoms with Crippen molar-refractivity contribution in [1.82, 2.24) is 15.1 Å². The fraction of sp³-hybridized carbons (Fsp3) is 0.500. The van der Waals surface area contributed by atoms with E-state index < -0.39 is 10.0 Å². The number of sulfonamides is 1. The number of nitrogens with two attached hydrogens (primary N) is 1. The van der Waals surface area contributed by atoms with Crippen LogP contribution in [0, 0.1) is 0 Å². The Morgan fingerprint density at radius 2 is 1.69 bits per heavy atom. The van der Waals surface area contributed by atoms with Crippen molar-refractivity contribution in [2.75, 3.05) is 11.9 Å². The molecule has 2 rings (SSSR count). The van der Waals surface area contributed by atoms with Gasteiger partial charge in [-0.1, -0.05) is 32.9 Å². The minimum Gasteiger partial charge on any atom is -0.337 e. The summed E-state index contributed by atoms with van der Waals surface area (Å²) in [7, 11) is -3.70. The molecule has 0 fully saturated rings. The van der Waals surface area contributed by atoms with E-state index in [4.69, 9.17) is 5.14 Å². The summed E-state index contributed by atoms with van der Waals surface area (Å²) in [6, 6.07) is 7.86. The molecule has 0 bridgehead atoms. The number of urea groups is 1. The van der Waals surface area contributed by atoms with E-state index >= 15 is 0 Å². The smallest absolute Gasteiger partial charge is 0.320 e. The van der Waals surface area contributed by atoms with Gasteiger partial charge in [0.2, 0.25) is 10.0 Å². The highest BCUT2D eigenvalue weighted by molar-refractivity contribution is 7.89. The van der Waals surface area contributed by atoms with Crippen LogP contribution in [0.5, 0.6) is 0 Å². The zero-order chi connectivity index (χ0) is 22.0. The third-order valence-corrected chi connectivity index (χ3v) is 5.24. The normalized spacial score (nSPS) is 12.7. The van der Waals surface area contributed by atoms with Crippen LogP contribution in [0.25, 0.3) is 0 Å². The summed E-state index contributed by atoms with van der Waals surface area (Å²) < 4.78 is 24.4. The number of aromatic nitrogens is 2. The molecule has 8 nitrogen and oxygen atoms in total. The summed E-state index contributed by atoms with van der Waals surface area (Å²) in [6.07, 6.45) is 0.560. The van der Waals surface area contributed by atoms with E-state index in [1.165, 1.54) is 12.1 Å². The molecule has 0 saturated heterocycles. The number of carbonyl (C=O) groups excluding carboxylic acids is 1. The molecule has 9 heteroatoms. The Kier molecular flexibility index (Phi) is 6.44. The van der Waals surface area contributed by atoms with Gasteiger partial charge >= 0.3 is 6.03 Å². The van der Waals surface area contributed by atoms with Crippen LogP contribution in [0.4, 0.5) is 10.6 Å². The van der Waals surface area contributed by atoms with Gasteiger partial charge in [0.05, 0.1) is 16.1 Å². The monoisotopic (exact) mass is 421 g/mol. The predicted molar refractivity (Wildman–Crippen MR) is 114 cm³/mol. The van der Waals surface area contributed by atoms with Crippen molar-refractivity contribution in [1.29, 1.82) is 0 Å². The molecule has 0 spiro atoms. The molecule has 160 valence electrons. The number of benzene rings is 1. The van der Waals surface area contributed by atoms with E-state index in [1.54, 1.807) is 12.1 Å². The van der Waals surface area contributed by atoms with Gasteiger partial charge < -0.3 is 5.32 Å². The van der Waals surface area contributed by atoms with Gasteiger partial charge in [0.15, 0.2) is 0 Å². The van der Waals surface area contributed by atoms with Gasteiger partial charge in [-0.25, -0.2) is 23.0 Å². The Labute approximate surface area is 172 Å². The molecule has 0 unspecified atom stereocenters. The lowest BCUT2D eigenvalue weighted by Gasteiger charge is -2.23. The lowest BCUT2D eigenvalue weighted by molar-refractivity contribution is 0.251. The van der Waals surface area contributed by atoms with Crippen molar-refractivity contribution >= 4 is 21.9 Å². The van der Waals surface area contributed by atoms with Crippen LogP contribution in [0.2, 0.25) is 0 Å². The predicted octanol–water partition coefficient (Wildman–Crippen LogP) is 2.95. The van der Waals surface area contributed by atoms with Gasteiger partial charge in [0.1, 0.15) is 5.82 Å². The van der Waals surface area contributed by atoms with Crippen LogP contribution >= 0.6 is 0 Å². The molecule has 2 amide bonds. The fourth-order valence-electron chi connectivity index (χ4n) is 2.67. The van der Waals surface area contributed by atoms with Crippen molar-refractivity contribution in [2.45, 2.75) is 63.8 Å². The number of amides is 2. The van der Waals surface area contributed by atoms with Crippen LogP contribution in [-0.2, 0) is 27.4 Å². The van der Waals surface area contributed by atoms with Crippen LogP contribution in [0.3, 0.4) is 0 Å². The van der Waals surface area contributed by atoms with Gasteiger partial charge in [-0.2, -0.15) is 5.10 Å². The number of primary sulfonamides is 1. The zero-order valence-electron chi connectivity index (χ0n) is 17.9. The first-order valence-electron chi connectivity index (χ1n) is 9.45. The third-order valence-electron chi connectivity index (χ3n) is 4.31. The van der Waals surface area contributed by atoms with Crippen molar-refractivity contribution in [3.8, 4) is 0 Å². The summed E-state index contributed by atoms with van der Waals surface area (Å²) in [6.45, 7) is 12.7. The highest BCUT2D eigenvalue weighted by atomic mass is 32.2. The summed E-state index contributed by atoms with van der Waals surface area (Å²) in [5.74, 6) is 0.637. The van der Waals surface area contributed by atoms with Gasteiger partial charge in [-0.3, -0.25) is 5.32 Å². The molecule has 1 aromatic carbocycles. The first-order chi connectivity index (χ1) is 13.2. The summed E-state index contributed by atoms with van der Waals surface area (Å²) in [4.78, 5) is 12.4. The van der Waals surface area contributed by atoms with Gasteiger partial charge in [-0.15, -0.1) is 0 Å². The zero-order valence-corrected chi connectivity index (χ0v) is 18.7. The Morgan fingerprint density at radius 3 is 2.17 bits per heavy atom. The van der Waals surface area contributed by atoms with E-state index in [0.717, 1.165) is 11.3 Å². The molecule has 0 saturated carbocycles. The average molecular weight is 422 g/mol.